The van der Waals surface area contributed by atoms with Crippen molar-refractivity contribution in [2.45, 2.75) is 4.90 Å². The van der Waals surface area contributed by atoms with Crippen molar-refractivity contribution in [1.29, 1.82) is 0 Å². The fraction of sp³-hybridized carbons (Fsp3) is 0.294. The molecule has 0 spiro atoms. The molecule has 3 rings (SSSR count). The third-order valence-electron chi connectivity index (χ3n) is 3.98. The molecule has 9 nitrogen and oxygen atoms in total. The van der Waals surface area contributed by atoms with Gasteiger partial charge in [0, 0.05) is 25.0 Å². The topological polar surface area (TPSA) is 121 Å². The van der Waals surface area contributed by atoms with Gasteiger partial charge >= 0.3 is 0 Å². The monoisotopic (exact) mass is 392 g/mol. The van der Waals surface area contributed by atoms with Crippen LogP contribution in [0.5, 0.6) is 0 Å². The first-order valence-electron chi connectivity index (χ1n) is 8.36. The van der Waals surface area contributed by atoms with Gasteiger partial charge in [0.15, 0.2) is 0 Å². The zero-order valence-electron chi connectivity index (χ0n) is 14.5. The van der Waals surface area contributed by atoms with E-state index in [0.29, 0.717) is 18.9 Å². The maximum atomic E-state index is 12.5. The molecule has 1 aromatic heterocycles. The predicted molar refractivity (Wildman–Crippen MR) is 97.8 cm³/mol. The second-order valence-corrected chi connectivity index (χ2v) is 7.80. The number of carbonyl (C=O) groups excluding carboxylic acids is 2. The molecule has 1 aromatic carbocycles. The van der Waals surface area contributed by atoms with Gasteiger partial charge in [-0.1, -0.05) is 18.2 Å². The highest BCUT2D eigenvalue weighted by molar-refractivity contribution is 7.89. The van der Waals surface area contributed by atoms with E-state index in [1.807, 2.05) is 6.07 Å². The number of amides is 2. The van der Waals surface area contributed by atoms with Crippen LogP contribution in [0.25, 0.3) is 0 Å². The van der Waals surface area contributed by atoms with Gasteiger partial charge < -0.3 is 20.4 Å². The molecule has 27 heavy (non-hydrogen) atoms. The van der Waals surface area contributed by atoms with Crippen LogP contribution in [0.1, 0.15) is 10.5 Å². The predicted octanol–water partition coefficient (Wildman–Crippen LogP) is 0.404. The number of aromatic nitrogens is 1. The third-order valence-corrected chi connectivity index (χ3v) is 5.85. The highest BCUT2D eigenvalue weighted by atomic mass is 32.2. The standard InChI is InChI=1S/C17H20N4O5S/c22-16(20-13-4-2-1-3-5-13)12-19-17(23)15-10-14(11-18-15)27(24,25)21-6-8-26-9-7-21/h1-5,10-11,18H,6-9,12H2,(H,19,23)(H,20,22). The van der Waals surface area contributed by atoms with Crippen LogP contribution in [0.4, 0.5) is 5.69 Å². The minimum Gasteiger partial charge on any atom is -0.379 e. The van der Waals surface area contributed by atoms with Crippen LogP contribution in [-0.2, 0) is 19.6 Å². The van der Waals surface area contributed by atoms with Gasteiger partial charge in [-0.25, -0.2) is 8.42 Å². The minimum atomic E-state index is -3.68. The zero-order chi connectivity index (χ0) is 19.3. The molecule has 0 aliphatic carbocycles. The molecular formula is C17H20N4O5S. The molecule has 1 fully saturated rings. The molecular weight excluding hydrogens is 372 g/mol. The number of ether oxygens (including phenoxy) is 1. The maximum Gasteiger partial charge on any atom is 0.268 e. The number of nitrogens with one attached hydrogen (secondary N) is 3. The van der Waals surface area contributed by atoms with Crippen molar-refractivity contribution in [2.75, 3.05) is 38.2 Å². The van der Waals surface area contributed by atoms with Gasteiger partial charge in [-0.3, -0.25) is 9.59 Å². The average molecular weight is 392 g/mol. The van der Waals surface area contributed by atoms with E-state index in [1.165, 1.54) is 16.6 Å². The molecule has 0 atom stereocenters. The number of carbonyl (C=O) groups is 2. The van der Waals surface area contributed by atoms with Crippen LogP contribution in [0.2, 0.25) is 0 Å². The molecule has 1 saturated heterocycles. The number of hydrogen-bond acceptors (Lipinski definition) is 5. The van der Waals surface area contributed by atoms with Crippen LogP contribution in [0.3, 0.4) is 0 Å². The fourth-order valence-electron chi connectivity index (χ4n) is 2.57. The summed E-state index contributed by atoms with van der Waals surface area (Å²) in [7, 11) is -3.68. The summed E-state index contributed by atoms with van der Waals surface area (Å²) in [5, 5.41) is 5.10. The summed E-state index contributed by atoms with van der Waals surface area (Å²) in [5.74, 6) is -0.955. The Kier molecular flexibility index (Phi) is 5.89. The van der Waals surface area contributed by atoms with Crippen molar-refractivity contribution in [3.63, 3.8) is 0 Å². The minimum absolute atomic E-state index is 0.00304. The lowest BCUT2D eigenvalue weighted by Gasteiger charge is -2.25. The van der Waals surface area contributed by atoms with E-state index in [2.05, 4.69) is 15.6 Å². The summed E-state index contributed by atoms with van der Waals surface area (Å²) in [6.45, 7) is 0.989. The molecule has 1 aliphatic rings. The van der Waals surface area contributed by atoms with E-state index in [0.717, 1.165) is 0 Å². The van der Waals surface area contributed by atoms with Gasteiger partial charge in [0.2, 0.25) is 15.9 Å². The Morgan fingerprint density at radius 2 is 1.85 bits per heavy atom. The number of para-hydroxylation sites is 1. The summed E-state index contributed by atoms with van der Waals surface area (Å²) in [4.78, 5) is 26.7. The largest absolute Gasteiger partial charge is 0.379 e. The van der Waals surface area contributed by atoms with E-state index in [-0.39, 0.29) is 36.1 Å². The Morgan fingerprint density at radius 1 is 1.15 bits per heavy atom. The number of benzene rings is 1. The van der Waals surface area contributed by atoms with Crippen molar-refractivity contribution < 1.29 is 22.7 Å². The van der Waals surface area contributed by atoms with Crippen molar-refractivity contribution in [3.8, 4) is 0 Å². The van der Waals surface area contributed by atoms with Crippen LogP contribution in [-0.4, -0.2) is 62.4 Å². The average Bonchev–Trinajstić information content (AvgIpc) is 3.19. The normalized spacial score (nSPS) is 15.3. The van der Waals surface area contributed by atoms with E-state index in [9.17, 15) is 18.0 Å². The van der Waals surface area contributed by atoms with Crippen molar-refractivity contribution in [2.24, 2.45) is 0 Å². The van der Waals surface area contributed by atoms with Gasteiger partial charge in [0.05, 0.1) is 19.8 Å². The van der Waals surface area contributed by atoms with Crippen LogP contribution in [0.15, 0.2) is 47.5 Å². The molecule has 10 heteroatoms. The quantitative estimate of drug-likeness (QED) is 0.657. The van der Waals surface area contributed by atoms with E-state index < -0.39 is 15.9 Å². The smallest absolute Gasteiger partial charge is 0.268 e. The highest BCUT2D eigenvalue weighted by Crippen LogP contribution is 2.18. The summed E-state index contributed by atoms with van der Waals surface area (Å²) >= 11 is 0. The maximum absolute atomic E-state index is 12.5. The molecule has 0 unspecified atom stereocenters. The first kappa shape index (κ1) is 19.1. The van der Waals surface area contributed by atoms with E-state index >= 15 is 0 Å². The van der Waals surface area contributed by atoms with Crippen LogP contribution >= 0.6 is 0 Å². The van der Waals surface area contributed by atoms with Gasteiger partial charge in [0.25, 0.3) is 5.91 Å². The number of sulfonamides is 1. The number of rotatable bonds is 6. The molecule has 0 bridgehead atoms. The first-order valence-corrected chi connectivity index (χ1v) is 9.80. The Labute approximate surface area is 156 Å². The summed E-state index contributed by atoms with van der Waals surface area (Å²) in [5.41, 5.74) is 0.685. The molecule has 0 saturated carbocycles. The second kappa shape index (κ2) is 8.33. The molecule has 1 aliphatic heterocycles. The Hall–Kier alpha value is -2.69. The lowest BCUT2D eigenvalue weighted by Crippen LogP contribution is -2.40. The summed E-state index contributed by atoms with van der Waals surface area (Å²) in [6.07, 6.45) is 1.27. The van der Waals surface area contributed by atoms with Crippen LogP contribution in [0, 0.1) is 0 Å². The summed E-state index contributed by atoms with van der Waals surface area (Å²) < 4.78 is 31.6. The van der Waals surface area contributed by atoms with Crippen molar-refractivity contribution >= 4 is 27.5 Å². The van der Waals surface area contributed by atoms with E-state index in [4.69, 9.17) is 4.74 Å². The molecule has 2 amide bonds. The lowest BCUT2D eigenvalue weighted by atomic mass is 10.3. The number of morpholine rings is 1. The highest BCUT2D eigenvalue weighted by Gasteiger charge is 2.28. The van der Waals surface area contributed by atoms with Crippen LogP contribution < -0.4 is 10.6 Å². The molecule has 144 valence electrons. The second-order valence-electron chi connectivity index (χ2n) is 5.86. The van der Waals surface area contributed by atoms with Gasteiger partial charge in [-0.15, -0.1) is 0 Å². The number of anilines is 1. The SMILES string of the molecule is O=C(CNC(=O)c1cc(S(=O)(=O)N2CCOCC2)c[nH]1)Nc1ccccc1. The molecule has 2 aromatic rings. The Bertz CT molecular complexity index is 904. The van der Waals surface area contributed by atoms with Gasteiger partial charge in [-0.05, 0) is 18.2 Å². The number of aromatic amines is 1. The molecule has 3 N–H and O–H groups in total. The lowest BCUT2D eigenvalue weighted by molar-refractivity contribution is -0.115. The fourth-order valence-corrected chi connectivity index (χ4v) is 3.98. The summed E-state index contributed by atoms with van der Waals surface area (Å²) in [6, 6.07) is 10.1. The third kappa shape index (κ3) is 4.73. The van der Waals surface area contributed by atoms with E-state index in [1.54, 1.807) is 24.3 Å². The number of nitrogens with zero attached hydrogens (tertiary/aromatic N) is 1. The first-order chi connectivity index (χ1) is 13.0. The number of hydrogen-bond donors (Lipinski definition) is 3. The van der Waals surface area contributed by atoms with Gasteiger partial charge in [0.1, 0.15) is 10.6 Å². The zero-order valence-corrected chi connectivity index (χ0v) is 15.3. The molecule has 0 radical (unpaired) electrons. The van der Waals surface area contributed by atoms with Crippen molar-refractivity contribution in [1.82, 2.24) is 14.6 Å². The van der Waals surface area contributed by atoms with Crippen molar-refractivity contribution in [3.05, 3.63) is 48.3 Å². The Balaban J connectivity index is 1.57. The van der Waals surface area contributed by atoms with Gasteiger partial charge in [-0.2, -0.15) is 4.31 Å². The number of H-pyrrole nitrogens is 1. The molecule has 2 heterocycles. The Morgan fingerprint density at radius 3 is 2.56 bits per heavy atom.